The maximum atomic E-state index is 12.3. The molecule has 3 rings (SSSR count). The first-order valence-electron chi connectivity index (χ1n) is 8.27. The van der Waals surface area contributed by atoms with Crippen molar-refractivity contribution in [2.45, 2.75) is 19.4 Å². The molecule has 1 saturated heterocycles. The zero-order valence-electron chi connectivity index (χ0n) is 14.1. The maximum Gasteiger partial charge on any atom is 0.289 e. The van der Waals surface area contributed by atoms with E-state index in [1.165, 1.54) is 6.26 Å². The second kappa shape index (κ2) is 7.83. The molecule has 25 heavy (non-hydrogen) atoms. The van der Waals surface area contributed by atoms with Crippen molar-refractivity contribution in [2.24, 2.45) is 5.92 Å². The molecule has 2 amide bonds. The fourth-order valence-corrected chi connectivity index (χ4v) is 2.87. The lowest BCUT2D eigenvalue weighted by molar-refractivity contribution is -0.126. The number of pyridine rings is 1. The number of carbonyl (C=O) groups excluding carboxylic acids is 2. The van der Waals surface area contributed by atoms with Crippen LogP contribution in [0.4, 0.5) is 0 Å². The van der Waals surface area contributed by atoms with Gasteiger partial charge < -0.3 is 19.4 Å². The van der Waals surface area contributed by atoms with Gasteiger partial charge in [0.2, 0.25) is 11.8 Å². The van der Waals surface area contributed by atoms with Gasteiger partial charge in [0.1, 0.15) is 0 Å². The van der Waals surface area contributed by atoms with Crippen LogP contribution in [-0.2, 0) is 11.3 Å². The first-order valence-corrected chi connectivity index (χ1v) is 8.27. The van der Waals surface area contributed by atoms with E-state index < -0.39 is 0 Å². The van der Waals surface area contributed by atoms with Gasteiger partial charge in [-0.05, 0) is 30.5 Å². The summed E-state index contributed by atoms with van der Waals surface area (Å²) in [4.78, 5) is 30.4. The van der Waals surface area contributed by atoms with E-state index in [1.54, 1.807) is 36.4 Å². The number of nitrogens with one attached hydrogen (secondary N) is 1. The smallest absolute Gasteiger partial charge is 0.289 e. The Morgan fingerprint density at radius 1 is 1.32 bits per heavy atom. The van der Waals surface area contributed by atoms with Crippen molar-refractivity contribution in [1.29, 1.82) is 0 Å². The summed E-state index contributed by atoms with van der Waals surface area (Å²) >= 11 is 0. The molecule has 0 bridgehead atoms. The minimum absolute atomic E-state index is 0.0147. The van der Waals surface area contributed by atoms with Gasteiger partial charge in [-0.3, -0.25) is 9.59 Å². The average molecular weight is 343 g/mol. The Morgan fingerprint density at radius 3 is 2.72 bits per heavy atom. The molecule has 1 fully saturated rings. The Hall–Kier alpha value is -2.83. The fourth-order valence-electron chi connectivity index (χ4n) is 2.87. The number of hydrogen-bond donors (Lipinski definition) is 1. The van der Waals surface area contributed by atoms with Crippen molar-refractivity contribution >= 4 is 11.8 Å². The molecule has 0 unspecified atom stereocenters. The van der Waals surface area contributed by atoms with E-state index in [-0.39, 0.29) is 17.7 Å². The summed E-state index contributed by atoms with van der Waals surface area (Å²) < 4.78 is 10.2. The SMILES string of the molecule is COc1ccc(CNC(=O)C2CCN(C(=O)c3ccco3)CC2)cn1. The van der Waals surface area contributed by atoms with E-state index in [9.17, 15) is 9.59 Å². The van der Waals surface area contributed by atoms with Gasteiger partial charge in [-0.25, -0.2) is 4.98 Å². The predicted octanol–water partition coefficient (Wildman–Crippen LogP) is 1.85. The summed E-state index contributed by atoms with van der Waals surface area (Å²) in [6.45, 7) is 1.55. The molecule has 2 aromatic heterocycles. The van der Waals surface area contributed by atoms with Crippen molar-refractivity contribution in [2.75, 3.05) is 20.2 Å². The quantitative estimate of drug-likeness (QED) is 0.896. The second-order valence-electron chi connectivity index (χ2n) is 5.97. The second-order valence-corrected chi connectivity index (χ2v) is 5.97. The van der Waals surface area contributed by atoms with Gasteiger partial charge in [0.15, 0.2) is 5.76 Å². The summed E-state index contributed by atoms with van der Waals surface area (Å²) in [7, 11) is 1.56. The van der Waals surface area contributed by atoms with Crippen molar-refractivity contribution in [3.8, 4) is 5.88 Å². The summed E-state index contributed by atoms with van der Waals surface area (Å²) in [6, 6.07) is 6.99. The van der Waals surface area contributed by atoms with Crippen LogP contribution in [0.15, 0.2) is 41.1 Å². The van der Waals surface area contributed by atoms with Gasteiger partial charge in [0.25, 0.3) is 5.91 Å². The molecule has 7 heteroatoms. The number of carbonyl (C=O) groups is 2. The summed E-state index contributed by atoms with van der Waals surface area (Å²) in [5.74, 6) is 0.708. The van der Waals surface area contributed by atoms with Gasteiger partial charge in [0, 0.05) is 37.8 Å². The largest absolute Gasteiger partial charge is 0.481 e. The Morgan fingerprint density at radius 2 is 2.12 bits per heavy atom. The number of aromatic nitrogens is 1. The van der Waals surface area contributed by atoms with E-state index in [2.05, 4.69) is 10.3 Å². The number of furan rings is 1. The zero-order chi connectivity index (χ0) is 17.6. The van der Waals surface area contributed by atoms with Crippen LogP contribution in [0.5, 0.6) is 5.88 Å². The third-order valence-electron chi connectivity index (χ3n) is 4.36. The fraction of sp³-hybridized carbons (Fsp3) is 0.389. The first kappa shape index (κ1) is 17.0. The Balaban J connectivity index is 1.45. The van der Waals surface area contributed by atoms with Crippen molar-refractivity contribution in [3.05, 3.63) is 48.0 Å². The topological polar surface area (TPSA) is 84.7 Å². The molecular weight excluding hydrogens is 322 g/mol. The van der Waals surface area contributed by atoms with Gasteiger partial charge in [-0.1, -0.05) is 6.07 Å². The lowest BCUT2D eigenvalue weighted by Gasteiger charge is -2.30. The van der Waals surface area contributed by atoms with E-state index in [0.29, 0.717) is 44.1 Å². The summed E-state index contributed by atoms with van der Waals surface area (Å²) in [6.07, 6.45) is 4.48. The maximum absolute atomic E-state index is 12.3. The molecule has 0 radical (unpaired) electrons. The van der Waals surface area contributed by atoms with Crippen molar-refractivity contribution < 1.29 is 18.7 Å². The molecule has 0 saturated carbocycles. The number of piperidine rings is 1. The molecule has 7 nitrogen and oxygen atoms in total. The van der Waals surface area contributed by atoms with Crippen LogP contribution in [0.25, 0.3) is 0 Å². The van der Waals surface area contributed by atoms with Crippen LogP contribution in [0.3, 0.4) is 0 Å². The number of likely N-dealkylation sites (tertiary alicyclic amines) is 1. The van der Waals surface area contributed by atoms with Crippen LogP contribution in [0.2, 0.25) is 0 Å². The Kier molecular flexibility index (Phi) is 5.33. The van der Waals surface area contributed by atoms with E-state index in [1.807, 2.05) is 6.07 Å². The molecule has 2 aromatic rings. The van der Waals surface area contributed by atoms with Crippen LogP contribution in [0, 0.1) is 5.92 Å². The number of hydrogen-bond acceptors (Lipinski definition) is 5. The highest BCUT2D eigenvalue weighted by molar-refractivity contribution is 5.91. The van der Waals surface area contributed by atoms with Gasteiger partial charge in [0.05, 0.1) is 13.4 Å². The molecule has 132 valence electrons. The lowest BCUT2D eigenvalue weighted by Crippen LogP contribution is -2.42. The molecule has 0 aliphatic carbocycles. The normalized spacial score (nSPS) is 15.0. The van der Waals surface area contributed by atoms with Gasteiger partial charge >= 0.3 is 0 Å². The van der Waals surface area contributed by atoms with E-state index in [0.717, 1.165) is 5.56 Å². The van der Waals surface area contributed by atoms with E-state index >= 15 is 0 Å². The molecule has 1 N–H and O–H groups in total. The molecule has 1 aliphatic heterocycles. The first-order chi connectivity index (χ1) is 12.2. The van der Waals surface area contributed by atoms with Crippen LogP contribution >= 0.6 is 0 Å². The van der Waals surface area contributed by atoms with Crippen molar-refractivity contribution in [1.82, 2.24) is 15.2 Å². The van der Waals surface area contributed by atoms with Crippen LogP contribution < -0.4 is 10.1 Å². The number of ether oxygens (including phenoxy) is 1. The molecule has 1 aliphatic rings. The Bertz CT molecular complexity index is 704. The van der Waals surface area contributed by atoms with E-state index in [4.69, 9.17) is 9.15 Å². The summed E-state index contributed by atoms with van der Waals surface area (Å²) in [5, 5.41) is 2.94. The number of methoxy groups -OCH3 is 1. The highest BCUT2D eigenvalue weighted by Gasteiger charge is 2.28. The molecule has 0 spiro atoms. The minimum atomic E-state index is -0.117. The van der Waals surface area contributed by atoms with Crippen molar-refractivity contribution in [3.63, 3.8) is 0 Å². The third-order valence-corrected chi connectivity index (χ3v) is 4.36. The minimum Gasteiger partial charge on any atom is -0.481 e. The predicted molar refractivity (Wildman–Crippen MR) is 90.0 cm³/mol. The number of rotatable bonds is 5. The standard InChI is InChI=1S/C18H21N3O4/c1-24-16-5-4-13(11-19-16)12-20-17(22)14-6-8-21(9-7-14)18(23)15-3-2-10-25-15/h2-5,10-11,14H,6-9,12H2,1H3,(H,20,22). The number of nitrogens with zero attached hydrogens (tertiary/aromatic N) is 2. The monoisotopic (exact) mass is 343 g/mol. The molecule has 3 heterocycles. The van der Waals surface area contributed by atoms with Gasteiger partial charge in [-0.15, -0.1) is 0 Å². The Labute approximate surface area is 146 Å². The molecular formula is C18H21N3O4. The highest BCUT2D eigenvalue weighted by atomic mass is 16.5. The summed E-state index contributed by atoms with van der Waals surface area (Å²) in [5.41, 5.74) is 0.916. The molecule has 0 atom stereocenters. The lowest BCUT2D eigenvalue weighted by atomic mass is 9.95. The zero-order valence-corrected chi connectivity index (χ0v) is 14.1. The van der Waals surface area contributed by atoms with Gasteiger partial charge in [-0.2, -0.15) is 0 Å². The highest BCUT2D eigenvalue weighted by Crippen LogP contribution is 2.19. The van der Waals surface area contributed by atoms with Crippen LogP contribution in [-0.4, -0.2) is 41.9 Å². The number of amides is 2. The third kappa shape index (κ3) is 4.17. The van der Waals surface area contributed by atoms with Crippen LogP contribution in [0.1, 0.15) is 29.0 Å². The molecule has 0 aromatic carbocycles. The average Bonchev–Trinajstić information content (AvgIpc) is 3.21.